The number of benzene rings is 2. The zero-order chi connectivity index (χ0) is 23.5. The largest absolute Gasteiger partial charge is 0.493 e. The molecule has 0 aliphatic carbocycles. The quantitative estimate of drug-likeness (QED) is 0.466. The Morgan fingerprint density at radius 1 is 1.15 bits per heavy atom. The maximum atomic E-state index is 12.8. The average molecular weight is 489 g/mol. The number of ether oxygens (including phenoxy) is 3. The van der Waals surface area contributed by atoms with E-state index >= 15 is 0 Å². The van der Waals surface area contributed by atoms with Gasteiger partial charge in [0.05, 0.1) is 29.3 Å². The Kier molecular flexibility index (Phi) is 6.76. The smallest absolute Gasteiger partial charge is 0.338 e. The van der Waals surface area contributed by atoms with E-state index in [1.165, 1.54) is 6.33 Å². The van der Waals surface area contributed by atoms with E-state index in [9.17, 15) is 4.79 Å². The molecule has 0 saturated carbocycles. The number of rotatable bonds is 7. The van der Waals surface area contributed by atoms with Crippen molar-refractivity contribution in [3.8, 4) is 11.5 Å². The number of allylic oxidation sites excluding steroid dienone is 1. The number of hydrogen-bond acceptors (Lipinski definition) is 7. The van der Waals surface area contributed by atoms with Crippen molar-refractivity contribution >= 4 is 35.1 Å². The molecule has 0 spiro atoms. The van der Waals surface area contributed by atoms with E-state index < -0.39 is 12.0 Å². The van der Waals surface area contributed by atoms with Crippen LogP contribution in [0.2, 0.25) is 10.0 Å². The van der Waals surface area contributed by atoms with Gasteiger partial charge < -0.3 is 19.5 Å². The highest BCUT2D eigenvalue weighted by Gasteiger charge is 2.34. The van der Waals surface area contributed by atoms with Crippen LogP contribution in [0.15, 0.2) is 54.0 Å². The summed E-state index contributed by atoms with van der Waals surface area (Å²) in [6.07, 6.45) is 1.43. The topological polar surface area (TPSA) is 87.5 Å². The van der Waals surface area contributed by atoms with Crippen molar-refractivity contribution < 1.29 is 19.0 Å². The molecule has 8 nitrogen and oxygen atoms in total. The molecule has 1 unspecified atom stereocenters. The molecular formula is C23H22Cl2N4O4. The SMILES string of the molecule is CCOC(=O)C1=C(C)Nc2ncnn2C1c1ccc(OCc2ccc(Cl)c(Cl)c2)c(OC)c1. The van der Waals surface area contributed by atoms with Gasteiger partial charge in [0.2, 0.25) is 5.95 Å². The number of esters is 1. The van der Waals surface area contributed by atoms with Gasteiger partial charge >= 0.3 is 5.97 Å². The van der Waals surface area contributed by atoms with Gasteiger partial charge in [-0.3, -0.25) is 0 Å². The number of fused-ring (bicyclic) bond motifs is 1. The molecule has 1 aromatic heterocycles. The predicted octanol–water partition coefficient (Wildman–Crippen LogP) is 5.02. The third-order valence-corrected chi connectivity index (χ3v) is 5.91. The number of methoxy groups -OCH3 is 1. The lowest BCUT2D eigenvalue weighted by atomic mass is 9.95. The maximum Gasteiger partial charge on any atom is 0.338 e. The molecule has 0 radical (unpaired) electrons. The summed E-state index contributed by atoms with van der Waals surface area (Å²) in [7, 11) is 1.56. The Morgan fingerprint density at radius 2 is 1.97 bits per heavy atom. The average Bonchev–Trinajstić information content (AvgIpc) is 3.27. The Balaban J connectivity index is 1.67. The second-order valence-electron chi connectivity index (χ2n) is 7.26. The lowest BCUT2D eigenvalue weighted by molar-refractivity contribution is -0.139. The van der Waals surface area contributed by atoms with Crippen LogP contribution in [0, 0.1) is 0 Å². The van der Waals surface area contributed by atoms with Gasteiger partial charge in [-0.1, -0.05) is 35.3 Å². The van der Waals surface area contributed by atoms with E-state index in [0.29, 0.717) is 38.8 Å². The van der Waals surface area contributed by atoms with Gasteiger partial charge in [0.1, 0.15) is 19.0 Å². The van der Waals surface area contributed by atoms with Crippen molar-refractivity contribution in [2.45, 2.75) is 26.5 Å². The van der Waals surface area contributed by atoms with Gasteiger partial charge in [-0.2, -0.15) is 10.1 Å². The molecule has 3 aromatic rings. The van der Waals surface area contributed by atoms with E-state index in [-0.39, 0.29) is 13.2 Å². The molecule has 2 aromatic carbocycles. The molecule has 0 bridgehead atoms. The van der Waals surface area contributed by atoms with E-state index in [1.54, 1.807) is 36.9 Å². The highest BCUT2D eigenvalue weighted by molar-refractivity contribution is 6.42. The number of anilines is 1. The van der Waals surface area contributed by atoms with Crippen LogP contribution in [-0.2, 0) is 16.1 Å². The van der Waals surface area contributed by atoms with E-state index in [1.807, 2.05) is 25.1 Å². The molecule has 1 aliphatic heterocycles. The Hall–Kier alpha value is -3.23. The summed E-state index contributed by atoms with van der Waals surface area (Å²) in [4.78, 5) is 17.0. The molecule has 0 amide bonds. The van der Waals surface area contributed by atoms with Gasteiger partial charge in [-0.25, -0.2) is 9.48 Å². The fourth-order valence-corrected chi connectivity index (χ4v) is 3.96. The molecular weight excluding hydrogens is 467 g/mol. The summed E-state index contributed by atoms with van der Waals surface area (Å²) < 4.78 is 18.5. The summed E-state index contributed by atoms with van der Waals surface area (Å²) in [5.74, 6) is 1.16. The lowest BCUT2D eigenvalue weighted by Gasteiger charge is -2.28. The van der Waals surface area contributed by atoms with Crippen LogP contribution in [0.3, 0.4) is 0 Å². The molecule has 10 heteroatoms. The minimum atomic E-state index is -0.541. The molecule has 4 rings (SSSR count). The van der Waals surface area contributed by atoms with Crippen molar-refractivity contribution in [2.24, 2.45) is 0 Å². The first kappa shape index (κ1) is 22.9. The van der Waals surface area contributed by atoms with Gasteiger partial charge in [0.15, 0.2) is 11.5 Å². The van der Waals surface area contributed by atoms with Crippen LogP contribution in [0.5, 0.6) is 11.5 Å². The lowest BCUT2D eigenvalue weighted by Crippen LogP contribution is -2.29. The molecule has 2 heterocycles. The number of nitrogens with zero attached hydrogens (tertiary/aromatic N) is 3. The van der Waals surface area contributed by atoms with Gasteiger partial charge in [-0.15, -0.1) is 0 Å². The van der Waals surface area contributed by atoms with Gasteiger partial charge in [-0.05, 0) is 49.2 Å². The summed E-state index contributed by atoms with van der Waals surface area (Å²) in [5.41, 5.74) is 2.73. The zero-order valence-corrected chi connectivity index (χ0v) is 19.8. The van der Waals surface area contributed by atoms with Gasteiger partial charge in [0.25, 0.3) is 0 Å². The number of aromatic nitrogens is 3. The van der Waals surface area contributed by atoms with Crippen molar-refractivity contribution in [3.05, 3.63) is 75.2 Å². The summed E-state index contributed by atoms with van der Waals surface area (Å²) in [6.45, 7) is 4.12. The number of hydrogen-bond donors (Lipinski definition) is 1. The van der Waals surface area contributed by atoms with E-state index in [2.05, 4.69) is 15.4 Å². The molecule has 1 N–H and O–H groups in total. The molecule has 172 valence electrons. The Bertz CT molecular complexity index is 1220. The highest BCUT2D eigenvalue weighted by atomic mass is 35.5. The first-order valence-electron chi connectivity index (χ1n) is 10.2. The Morgan fingerprint density at radius 3 is 2.70 bits per heavy atom. The highest BCUT2D eigenvalue weighted by Crippen LogP contribution is 2.39. The summed E-state index contributed by atoms with van der Waals surface area (Å²) >= 11 is 12.1. The van der Waals surface area contributed by atoms with Crippen LogP contribution >= 0.6 is 23.2 Å². The number of halogens is 2. The summed E-state index contributed by atoms with van der Waals surface area (Å²) in [5, 5.41) is 8.37. The van der Waals surface area contributed by atoms with Crippen molar-refractivity contribution in [2.75, 3.05) is 19.0 Å². The second-order valence-corrected chi connectivity index (χ2v) is 8.08. The first-order chi connectivity index (χ1) is 15.9. The number of carbonyl (C=O) groups is 1. The maximum absolute atomic E-state index is 12.8. The minimum Gasteiger partial charge on any atom is -0.493 e. The third kappa shape index (κ3) is 4.62. The van der Waals surface area contributed by atoms with Crippen LogP contribution in [-0.4, -0.2) is 34.5 Å². The van der Waals surface area contributed by atoms with Crippen LogP contribution in [0.25, 0.3) is 0 Å². The monoisotopic (exact) mass is 488 g/mol. The molecule has 0 saturated heterocycles. The predicted molar refractivity (Wildman–Crippen MR) is 125 cm³/mol. The fraction of sp³-hybridized carbons (Fsp3) is 0.261. The number of carbonyl (C=O) groups excluding carboxylic acids is 1. The molecule has 33 heavy (non-hydrogen) atoms. The molecule has 0 fully saturated rings. The molecule has 1 atom stereocenters. The number of nitrogens with one attached hydrogen (secondary N) is 1. The summed E-state index contributed by atoms with van der Waals surface area (Å²) in [6, 6.07) is 10.3. The van der Waals surface area contributed by atoms with Gasteiger partial charge in [0, 0.05) is 5.70 Å². The van der Waals surface area contributed by atoms with Crippen molar-refractivity contribution in [1.82, 2.24) is 14.8 Å². The minimum absolute atomic E-state index is 0.261. The van der Waals surface area contributed by atoms with Crippen molar-refractivity contribution in [3.63, 3.8) is 0 Å². The Labute approximate surface area is 201 Å². The van der Waals surface area contributed by atoms with Crippen LogP contribution in [0.1, 0.15) is 31.0 Å². The van der Waals surface area contributed by atoms with Crippen LogP contribution < -0.4 is 14.8 Å². The standard InChI is InChI=1S/C23H22Cl2N4O4/c1-4-32-22(30)20-13(2)28-23-26-12-27-29(23)21(20)15-6-8-18(19(10-15)31-3)33-11-14-5-7-16(24)17(25)9-14/h5-10,12,21H,4,11H2,1-3H3,(H,26,27,28). The fourth-order valence-electron chi connectivity index (χ4n) is 3.64. The first-order valence-corrected chi connectivity index (χ1v) is 11.0. The third-order valence-electron chi connectivity index (χ3n) is 5.17. The molecule has 1 aliphatic rings. The van der Waals surface area contributed by atoms with Crippen molar-refractivity contribution in [1.29, 1.82) is 0 Å². The second kappa shape index (κ2) is 9.72. The van der Waals surface area contributed by atoms with Crippen LogP contribution in [0.4, 0.5) is 5.95 Å². The van der Waals surface area contributed by atoms with E-state index in [4.69, 9.17) is 37.4 Å². The normalized spacial score (nSPS) is 15.0. The van der Waals surface area contributed by atoms with E-state index in [0.717, 1.165) is 11.1 Å². The zero-order valence-electron chi connectivity index (χ0n) is 18.3.